The number of carbonyl (C=O) groups is 3. The van der Waals surface area contributed by atoms with Crippen LogP contribution < -0.4 is 10.6 Å². The Balaban J connectivity index is 3.49. The number of rotatable bonds is 9. The number of aryl methyl sites for hydroxylation is 1. The van der Waals surface area contributed by atoms with Crippen LogP contribution in [0.3, 0.4) is 0 Å². The van der Waals surface area contributed by atoms with Gasteiger partial charge in [0.25, 0.3) is 0 Å². The molecule has 0 bridgehead atoms. The van der Waals surface area contributed by atoms with Crippen molar-refractivity contribution in [2.45, 2.75) is 118 Å². The highest BCUT2D eigenvalue weighted by Crippen LogP contribution is 2.30. The quantitative estimate of drug-likeness (QED) is 0.478. The second kappa shape index (κ2) is 12.4. The zero-order chi connectivity index (χ0) is 27.1. The standard InChI is InChI=1S/C28H47N3O4/c1-18(2)16-17-20(4)31(25(33)21(5)29-26(34)35-28(9,10)11)23(24(32)30-27(6,7)8)22-15-13-12-14-19(22)3/h12-15,18,20-21,23H,16-17H2,1-11H3,(H,29,34)(H,30,32). The minimum Gasteiger partial charge on any atom is -0.444 e. The van der Waals surface area contributed by atoms with E-state index in [1.807, 2.05) is 58.9 Å². The number of amides is 3. The maximum Gasteiger partial charge on any atom is 0.408 e. The zero-order valence-electron chi connectivity index (χ0n) is 23.6. The van der Waals surface area contributed by atoms with E-state index in [1.54, 1.807) is 32.6 Å². The van der Waals surface area contributed by atoms with Crippen molar-refractivity contribution in [2.24, 2.45) is 5.92 Å². The van der Waals surface area contributed by atoms with Gasteiger partial charge in [-0.2, -0.15) is 0 Å². The van der Waals surface area contributed by atoms with Crippen molar-refractivity contribution >= 4 is 17.9 Å². The van der Waals surface area contributed by atoms with E-state index in [-0.39, 0.29) is 17.9 Å². The molecule has 7 heteroatoms. The lowest BCUT2D eigenvalue weighted by molar-refractivity contribution is -0.145. The molecule has 3 amide bonds. The third-order valence-electron chi connectivity index (χ3n) is 5.50. The molecule has 0 aliphatic carbocycles. The van der Waals surface area contributed by atoms with Gasteiger partial charge in [-0.1, -0.05) is 38.1 Å². The maximum atomic E-state index is 13.9. The molecular formula is C28H47N3O4. The number of nitrogens with one attached hydrogen (secondary N) is 2. The monoisotopic (exact) mass is 489 g/mol. The number of ether oxygens (including phenoxy) is 1. The Bertz CT molecular complexity index is 868. The minimum atomic E-state index is -0.875. The first kappa shape index (κ1) is 30.5. The van der Waals surface area contributed by atoms with Gasteiger partial charge in [-0.3, -0.25) is 9.59 Å². The van der Waals surface area contributed by atoms with Crippen molar-refractivity contribution in [3.63, 3.8) is 0 Å². The number of hydrogen-bond acceptors (Lipinski definition) is 4. The van der Waals surface area contributed by atoms with Crippen molar-refractivity contribution in [2.75, 3.05) is 0 Å². The third kappa shape index (κ3) is 10.3. The summed E-state index contributed by atoms with van der Waals surface area (Å²) in [5, 5.41) is 5.73. The molecule has 35 heavy (non-hydrogen) atoms. The van der Waals surface area contributed by atoms with Crippen LogP contribution >= 0.6 is 0 Å². The average molecular weight is 490 g/mol. The molecule has 1 aromatic carbocycles. The van der Waals surface area contributed by atoms with Crippen molar-refractivity contribution < 1.29 is 19.1 Å². The van der Waals surface area contributed by atoms with Gasteiger partial charge in [0.15, 0.2) is 0 Å². The molecule has 1 rings (SSSR count). The summed E-state index contributed by atoms with van der Waals surface area (Å²) in [7, 11) is 0. The summed E-state index contributed by atoms with van der Waals surface area (Å²) in [6.07, 6.45) is 0.966. The normalized spacial score (nSPS) is 14.6. The topological polar surface area (TPSA) is 87.7 Å². The largest absolute Gasteiger partial charge is 0.444 e. The predicted octanol–water partition coefficient (Wildman–Crippen LogP) is 5.52. The molecule has 3 unspecified atom stereocenters. The highest BCUT2D eigenvalue weighted by molar-refractivity contribution is 5.92. The molecule has 7 nitrogen and oxygen atoms in total. The van der Waals surface area contributed by atoms with Crippen LogP contribution in [0.2, 0.25) is 0 Å². The molecule has 0 fully saturated rings. The van der Waals surface area contributed by atoms with Gasteiger partial charge in [-0.05, 0) is 92.2 Å². The van der Waals surface area contributed by atoms with Crippen molar-refractivity contribution in [1.82, 2.24) is 15.5 Å². The van der Waals surface area contributed by atoms with E-state index in [4.69, 9.17) is 4.74 Å². The number of hydrogen-bond donors (Lipinski definition) is 2. The fraction of sp³-hybridized carbons (Fsp3) is 0.679. The molecule has 1 aromatic rings. The maximum absolute atomic E-state index is 13.9. The van der Waals surface area contributed by atoms with Crippen molar-refractivity contribution in [3.8, 4) is 0 Å². The second-order valence-electron chi connectivity index (χ2n) is 11.9. The van der Waals surface area contributed by atoms with Crippen LogP contribution in [0.4, 0.5) is 4.79 Å². The van der Waals surface area contributed by atoms with Gasteiger partial charge in [0, 0.05) is 11.6 Å². The van der Waals surface area contributed by atoms with Crippen molar-refractivity contribution in [1.29, 1.82) is 0 Å². The Morgan fingerprint density at radius 2 is 1.51 bits per heavy atom. The summed E-state index contributed by atoms with van der Waals surface area (Å²) in [5.74, 6) is -0.127. The van der Waals surface area contributed by atoms with Crippen LogP contribution in [0.5, 0.6) is 0 Å². The van der Waals surface area contributed by atoms with Gasteiger partial charge in [0.05, 0.1) is 0 Å². The molecule has 198 valence electrons. The summed E-state index contributed by atoms with van der Waals surface area (Å²) >= 11 is 0. The van der Waals surface area contributed by atoms with Crippen LogP contribution in [-0.2, 0) is 14.3 Å². The zero-order valence-corrected chi connectivity index (χ0v) is 23.6. The SMILES string of the molecule is Cc1ccccc1C(C(=O)NC(C)(C)C)N(C(=O)C(C)NC(=O)OC(C)(C)C)C(C)CCC(C)C. The Labute approximate surface area is 212 Å². The van der Waals surface area contributed by atoms with Gasteiger partial charge in [-0.25, -0.2) is 4.79 Å². The molecule has 0 heterocycles. The number of nitrogens with zero attached hydrogens (tertiary/aromatic N) is 1. The Hall–Kier alpha value is -2.57. The van der Waals surface area contributed by atoms with Crippen LogP contribution in [0, 0.1) is 12.8 Å². The van der Waals surface area contributed by atoms with Crippen molar-refractivity contribution in [3.05, 3.63) is 35.4 Å². The molecular weight excluding hydrogens is 442 g/mol. The first-order valence-electron chi connectivity index (χ1n) is 12.6. The molecule has 0 saturated carbocycles. The summed E-state index contributed by atoms with van der Waals surface area (Å²) in [6, 6.07) is 5.68. The van der Waals surface area contributed by atoms with E-state index in [9.17, 15) is 14.4 Å². The minimum absolute atomic E-state index is 0.233. The van der Waals surface area contributed by atoms with E-state index < -0.39 is 29.3 Å². The summed E-state index contributed by atoms with van der Waals surface area (Å²) in [5.41, 5.74) is 0.522. The molecule has 0 aliphatic heterocycles. The van der Waals surface area contributed by atoms with Gasteiger partial charge in [0.1, 0.15) is 17.7 Å². The summed E-state index contributed by atoms with van der Waals surface area (Å²) < 4.78 is 5.36. The van der Waals surface area contributed by atoms with E-state index in [0.29, 0.717) is 5.92 Å². The number of carbonyl (C=O) groups excluding carboxylic acids is 3. The Morgan fingerprint density at radius 1 is 0.943 bits per heavy atom. The second-order valence-corrected chi connectivity index (χ2v) is 11.9. The molecule has 2 N–H and O–H groups in total. The van der Waals surface area contributed by atoms with Gasteiger partial charge in [0.2, 0.25) is 11.8 Å². The van der Waals surface area contributed by atoms with E-state index in [2.05, 4.69) is 24.5 Å². The van der Waals surface area contributed by atoms with Crippen LogP contribution in [0.1, 0.15) is 99.2 Å². The van der Waals surface area contributed by atoms with Crippen LogP contribution in [0.25, 0.3) is 0 Å². The lowest BCUT2D eigenvalue weighted by atomic mass is 9.94. The van der Waals surface area contributed by atoms with Crippen LogP contribution in [-0.4, -0.2) is 46.0 Å². The molecule has 0 radical (unpaired) electrons. The van der Waals surface area contributed by atoms with E-state index in [0.717, 1.165) is 24.0 Å². The lowest BCUT2D eigenvalue weighted by Gasteiger charge is -2.39. The first-order chi connectivity index (χ1) is 15.9. The third-order valence-corrected chi connectivity index (χ3v) is 5.50. The first-order valence-corrected chi connectivity index (χ1v) is 12.6. The van der Waals surface area contributed by atoms with E-state index in [1.165, 1.54) is 0 Å². The summed E-state index contributed by atoms with van der Waals surface area (Å²) in [4.78, 5) is 41.7. The molecule has 0 saturated heterocycles. The molecule has 0 spiro atoms. The highest BCUT2D eigenvalue weighted by Gasteiger charge is 2.39. The Kier molecular flexibility index (Phi) is 10.8. The summed E-state index contributed by atoms with van der Waals surface area (Å²) in [6.45, 7) is 20.9. The fourth-order valence-corrected chi connectivity index (χ4v) is 3.83. The Morgan fingerprint density at radius 3 is 2.00 bits per heavy atom. The van der Waals surface area contributed by atoms with Gasteiger partial charge in [-0.15, -0.1) is 0 Å². The smallest absolute Gasteiger partial charge is 0.408 e. The lowest BCUT2D eigenvalue weighted by Crippen LogP contribution is -2.56. The molecule has 0 aliphatic rings. The highest BCUT2D eigenvalue weighted by atomic mass is 16.6. The van der Waals surface area contributed by atoms with Crippen LogP contribution in [0.15, 0.2) is 24.3 Å². The fourth-order valence-electron chi connectivity index (χ4n) is 3.83. The molecule has 3 atom stereocenters. The van der Waals surface area contributed by atoms with Gasteiger partial charge < -0.3 is 20.3 Å². The molecule has 0 aromatic heterocycles. The van der Waals surface area contributed by atoms with E-state index >= 15 is 0 Å². The average Bonchev–Trinajstić information content (AvgIpc) is 2.67. The predicted molar refractivity (Wildman–Crippen MR) is 141 cm³/mol. The number of benzene rings is 1. The number of alkyl carbamates (subject to hydrolysis) is 1. The van der Waals surface area contributed by atoms with Gasteiger partial charge >= 0.3 is 6.09 Å².